The van der Waals surface area contributed by atoms with Crippen LogP contribution in [0.2, 0.25) is 0 Å². The number of benzene rings is 1. The van der Waals surface area contributed by atoms with E-state index < -0.39 is 0 Å². The molecule has 1 amide bonds. The molecule has 0 atom stereocenters. The lowest BCUT2D eigenvalue weighted by Crippen LogP contribution is -2.22. The van der Waals surface area contributed by atoms with E-state index in [1.807, 2.05) is 30.3 Å². The second kappa shape index (κ2) is 7.00. The molecule has 0 aliphatic carbocycles. The van der Waals surface area contributed by atoms with Crippen LogP contribution >= 0.6 is 0 Å². The standard InChI is InChI=1S/C17H19N7O/c1-20-13(25)6-7-21-17-14(16(19)22-9-23-17)15(18)12-8-10-4-2-3-5-11(10)24-12/h2-5,8-9,18,24H,6-7H2,1H3,(H,20,25)(H3,19,21,22,23). The number of amides is 1. The fourth-order valence-electron chi connectivity index (χ4n) is 2.54. The number of carbonyl (C=O) groups excluding carboxylic acids is 1. The summed E-state index contributed by atoms with van der Waals surface area (Å²) in [5, 5.41) is 15.2. The highest BCUT2D eigenvalue weighted by Crippen LogP contribution is 2.23. The van der Waals surface area contributed by atoms with Gasteiger partial charge in [-0.2, -0.15) is 0 Å². The van der Waals surface area contributed by atoms with Gasteiger partial charge in [0.1, 0.15) is 18.0 Å². The number of anilines is 2. The zero-order valence-electron chi connectivity index (χ0n) is 13.8. The minimum Gasteiger partial charge on any atom is -0.383 e. The molecule has 0 fully saturated rings. The van der Waals surface area contributed by atoms with Crippen molar-refractivity contribution in [2.24, 2.45) is 0 Å². The van der Waals surface area contributed by atoms with E-state index in [0.29, 0.717) is 30.0 Å². The monoisotopic (exact) mass is 337 g/mol. The summed E-state index contributed by atoms with van der Waals surface area (Å²) in [4.78, 5) is 22.7. The van der Waals surface area contributed by atoms with Crippen LogP contribution in [0.15, 0.2) is 36.7 Å². The number of nitrogens with two attached hydrogens (primary N) is 1. The van der Waals surface area contributed by atoms with E-state index in [2.05, 4.69) is 25.6 Å². The lowest BCUT2D eigenvalue weighted by molar-refractivity contribution is -0.120. The number of rotatable bonds is 6. The molecule has 1 aromatic carbocycles. The van der Waals surface area contributed by atoms with Gasteiger partial charge in [0.15, 0.2) is 0 Å². The average molecular weight is 337 g/mol. The number of para-hydroxylation sites is 1. The molecule has 25 heavy (non-hydrogen) atoms. The maximum atomic E-state index is 11.4. The van der Waals surface area contributed by atoms with E-state index in [1.165, 1.54) is 6.33 Å². The molecule has 0 aliphatic rings. The Morgan fingerprint density at radius 3 is 2.88 bits per heavy atom. The first-order chi connectivity index (χ1) is 12.1. The Hall–Kier alpha value is -3.42. The van der Waals surface area contributed by atoms with Crippen LogP contribution in [0, 0.1) is 5.41 Å². The van der Waals surface area contributed by atoms with Gasteiger partial charge < -0.3 is 21.4 Å². The van der Waals surface area contributed by atoms with Crippen molar-refractivity contribution in [3.63, 3.8) is 0 Å². The van der Waals surface area contributed by atoms with Crippen LogP contribution in [-0.4, -0.2) is 40.2 Å². The first-order valence-corrected chi connectivity index (χ1v) is 7.82. The molecule has 8 heteroatoms. The molecule has 0 bridgehead atoms. The topological polar surface area (TPSA) is 133 Å². The highest BCUT2D eigenvalue weighted by atomic mass is 16.1. The van der Waals surface area contributed by atoms with Crippen LogP contribution in [0.25, 0.3) is 10.9 Å². The molecule has 0 unspecified atom stereocenters. The highest BCUT2D eigenvalue weighted by Gasteiger charge is 2.17. The van der Waals surface area contributed by atoms with Crippen molar-refractivity contribution in [1.29, 1.82) is 5.41 Å². The van der Waals surface area contributed by atoms with Crippen LogP contribution < -0.4 is 16.4 Å². The Balaban J connectivity index is 1.89. The van der Waals surface area contributed by atoms with Gasteiger partial charge in [0, 0.05) is 30.9 Å². The molecule has 3 aromatic rings. The zero-order chi connectivity index (χ0) is 17.8. The van der Waals surface area contributed by atoms with Crippen molar-refractivity contribution in [1.82, 2.24) is 20.3 Å². The van der Waals surface area contributed by atoms with Crippen molar-refractivity contribution in [2.45, 2.75) is 6.42 Å². The molecule has 128 valence electrons. The number of aromatic nitrogens is 3. The van der Waals surface area contributed by atoms with Gasteiger partial charge in [-0.1, -0.05) is 18.2 Å². The Labute approximate surface area is 144 Å². The number of carbonyl (C=O) groups is 1. The molecular formula is C17H19N7O. The lowest BCUT2D eigenvalue weighted by Gasteiger charge is -2.12. The number of hydrogen-bond acceptors (Lipinski definition) is 6. The summed E-state index contributed by atoms with van der Waals surface area (Å²) < 4.78 is 0. The molecule has 0 spiro atoms. The van der Waals surface area contributed by atoms with Crippen molar-refractivity contribution < 1.29 is 4.79 Å². The molecule has 6 N–H and O–H groups in total. The van der Waals surface area contributed by atoms with Crippen LogP contribution in [0.3, 0.4) is 0 Å². The normalized spacial score (nSPS) is 10.6. The molecule has 0 radical (unpaired) electrons. The largest absolute Gasteiger partial charge is 0.383 e. The summed E-state index contributed by atoms with van der Waals surface area (Å²) in [6.45, 7) is 0.378. The van der Waals surface area contributed by atoms with Crippen LogP contribution in [0.1, 0.15) is 17.7 Å². The molecule has 0 aliphatic heterocycles. The summed E-state index contributed by atoms with van der Waals surface area (Å²) in [6.07, 6.45) is 1.62. The number of hydrogen-bond donors (Lipinski definition) is 5. The summed E-state index contributed by atoms with van der Waals surface area (Å²) in [5.74, 6) is 0.558. The number of nitrogens with zero attached hydrogens (tertiary/aromatic N) is 2. The maximum Gasteiger partial charge on any atom is 0.221 e. The third-order valence-corrected chi connectivity index (χ3v) is 3.85. The molecular weight excluding hydrogens is 318 g/mol. The Kier molecular flexibility index (Phi) is 4.60. The van der Waals surface area contributed by atoms with Crippen molar-refractivity contribution >= 4 is 34.2 Å². The fourth-order valence-corrected chi connectivity index (χ4v) is 2.54. The molecule has 8 nitrogen and oxygen atoms in total. The lowest BCUT2D eigenvalue weighted by atomic mass is 10.1. The summed E-state index contributed by atoms with van der Waals surface area (Å²) in [5.41, 5.74) is 8.15. The Bertz CT molecular complexity index is 899. The van der Waals surface area contributed by atoms with Gasteiger partial charge in [0.2, 0.25) is 5.91 Å². The van der Waals surface area contributed by atoms with Gasteiger partial charge in [0.05, 0.1) is 17.0 Å². The Morgan fingerprint density at radius 2 is 2.12 bits per heavy atom. The van der Waals surface area contributed by atoms with E-state index in [0.717, 1.165) is 10.9 Å². The molecule has 0 saturated carbocycles. The number of H-pyrrole nitrogens is 1. The van der Waals surface area contributed by atoms with Crippen LogP contribution in [-0.2, 0) is 4.79 Å². The molecule has 3 rings (SSSR count). The summed E-state index contributed by atoms with van der Waals surface area (Å²) in [6, 6.07) is 9.67. The smallest absolute Gasteiger partial charge is 0.221 e. The number of nitrogen functional groups attached to an aromatic ring is 1. The maximum absolute atomic E-state index is 11.4. The number of nitrogens with one attached hydrogen (secondary N) is 4. The molecule has 0 saturated heterocycles. The number of fused-ring (bicyclic) bond motifs is 1. The first kappa shape index (κ1) is 16.4. The minimum atomic E-state index is -0.0817. The van der Waals surface area contributed by atoms with Crippen LogP contribution in [0.5, 0.6) is 0 Å². The molecule has 2 heterocycles. The number of aromatic amines is 1. The zero-order valence-corrected chi connectivity index (χ0v) is 13.8. The predicted octanol–water partition coefficient (Wildman–Crippen LogP) is 1.50. The molecule has 2 aromatic heterocycles. The van der Waals surface area contributed by atoms with Gasteiger partial charge in [0.25, 0.3) is 0 Å². The summed E-state index contributed by atoms with van der Waals surface area (Å²) >= 11 is 0. The van der Waals surface area contributed by atoms with Crippen molar-refractivity contribution in [2.75, 3.05) is 24.6 Å². The second-order valence-electron chi connectivity index (χ2n) is 5.48. The second-order valence-corrected chi connectivity index (χ2v) is 5.48. The minimum absolute atomic E-state index is 0.0817. The average Bonchev–Trinajstić information content (AvgIpc) is 3.05. The van der Waals surface area contributed by atoms with Gasteiger partial charge >= 0.3 is 0 Å². The van der Waals surface area contributed by atoms with Gasteiger partial charge in [-0.25, -0.2) is 9.97 Å². The highest BCUT2D eigenvalue weighted by molar-refractivity contribution is 6.16. The van der Waals surface area contributed by atoms with Crippen molar-refractivity contribution in [3.8, 4) is 0 Å². The predicted molar refractivity (Wildman–Crippen MR) is 97.8 cm³/mol. The third kappa shape index (κ3) is 3.42. The quantitative estimate of drug-likeness (QED) is 0.435. The van der Waals surface area contributed by atoms with E-state index in [1.54, 1.807) is 7.05 Å². The fraction of sp³-hybridized carbons (Fsp3) is 0.176. The van der Waals surface area contributed by atoms with Gasteiger partial charge in [-0.3, -0.25) is 10.2 Å². The van der Waals surface area contributed by atoms with E-state index in [-0.39, 0.29) is 17.4 Å². The van der Waals surface area contributed by atoms with E-state index >= 15 is 0 Å². The van der Waals surface area contributed by atoms with E-state index in [9.17, 15) is 4.79 Å². The third-order valence-electron chi connectivity index (χ3n) is 3.85. The Morgan fingerprint density at radius 1 is 1.32 bits per heavy atom. The van der Waals surface area contributed by atoms with Gasteiger partial charge in [-0.15, -0.1) is 0 Å². The SMILES string of the molecule is CNC(=O)CCNc1ncnc(N)c1C(=N)c1cc2ccccc2[nH]1. The van der Waals surface area contributed by atoms with Gasteiger partial charge in [-0.05, 0) is 12.1 Å². The first-order valence-electron chi connectivity index (χ1n) is 7.82. The van der Waals surface area contributed by atoms with Crippen LogP contribution in [0.4, 0.5) is 11.6 Å². The summed E-state index contributed by atoms with van der Waals surface area (Å²) in [7, 11) is 1.59. The van der Waals surface area contributed by atoms with Crippen molar-refractivity contribution in [3.05, 3.63) is 47.9 Å². The van der Waals surface area contributed by atoms with E-state index in [4.69, 9.17) is 11.1 Å².